The smallest absolute Gasteiger partial charge is 0.409 e. The van der Waals surface area contributed by atoms with Crippen LogP contribution in [0.2, 0.25) is 0 Å². The zero-order valence-electron chi connectivity index (χ0n) is 31.3. The highest BCUT2D eigenvalue weighted by molar-refractivity contribution is 5.87. The number of carbonyl (C=O) groups excluding carboxylic acids is 5. The van der Waals surface area contributed by atoms with E-state index in [1.54, 1.807) is 0 Å². The lowest BCUT2D eigenvalue weighted by atomic mass is 9.64. The van der Waals surface area contributed by atoms with Crippen molar-refractivity contribution in [2.24, 2.45) is 16.7 Å². The molecule has 0 bridgehead atoms. The molecule has 286 valence electrons. The monoisotopic (exact) mass is 713 g/mol. The number of likely N-dealkylation sites (tertiary alicyclic amines) is 4. The summed E-state index contributed by atoms with van der Waals surface area (Å²) in [5.41, 5.74) is 0.535. The number of rotatable bonds is 6. The summed E-state index contributed by atoms with van der Waals surface area (Å²) >= 11 is 0. The van der Waals surface area contributed by atoms with E-state index in [0.29, 0.717) is 67.2 Å². The molecule has 3 saturated carbocycles. The van der Waals surface area contributed by atoms with Crippen LogP contribution in [0.4, 0.5) is 4.79 Å². The first-order valence-electron chi connectivity index (χ1n) is 20.3. The second-order valence-electron chi connectivity index (χ2n) is 16.6. The van der Waals surface area contributed by atoms with Crippen LogP contribution in [0.3, 0.4) is 0 Å². The summed E-state index contributed by atoms with van der Waals surface area (Å²) in [7, 11) is 0. The predicted octanol–water partition coefficient (Wildman–Crippen LogP) is 4.14. The molecular weight excluding hydrogens is 650 g/mol. The lowest BCUT2D eigenvalue weighted by Gasteiger charge is -2.52. The Kier molecular flexibility index (Phi) is 12.6. The molecule has 51 heavy (non-hydrogen) atoms. The Balaban J connectivity index is 0.000000145. The van der Waals surface area contributed by atoms with Crippen molar-refractivity contribution in [3.8, 4) is 0 Å². The zero-order valence-corrected chi connectivity index (χ0v) is 31.3. The van der Waals surface area contributed by atoms with Gasteiger partial charge in [-0.3, -0.25) is 19.2 Å². The molecule has 8 fully saturated rings. The average molecular weight is 714 g/mol. The third kappa shape index (κ3) is 9.08. The molecule has 0 aromatic rings. The van der Waals surface area contributed by atoms with Gasteiger partial charge in [-0.2, -0.15) is 0 Å². The highest BCUT2D eigenvalue weighted by atomic mass is 16.6. The summed E-state index contributed by atoms with van der Waals surface area (Å²) in [6.45, 7) is 12.7. The molecule has 12 heteroatoms. The van der Waals surface area contributed by atoms with Gasteiger partial charge in [0.15, 0.2) is 0 Å². The van der Waals surface area contributed by atoms with E-state index in [-0.39, 0.29) is 23.4 Å². The minimum atomic E-state index is -0.140. The summed E-state index contributed by atoms with van der Waals surface area (Å²) in [6.07, 6.45) is 15.8. The van der Waals surface area contributed by atoms with E-state index in [2.05, 4.69) is 20.0 Å². The number of amides is 3. The van der Waals surface area contributed by atoms with Crippen molar-refractivity contribution in [1.82, 2.24) is 24.9 Å². The molecule has 0 aromatic carbocycles. The second kappa shape index (κ2) is 16.9. The minimum Gasteiger partial charge on any atom is -0.466 e. The summed E-state index contributed by atoms with van der Waals surface area (Å²) < 4.78 is 10.1. The van der Waals surface area contributed by atoms with Crippen molar-refractivity contribution in [3.05, 3.63) is 0 Å². The maximum Gasteiger partial charge on any atom is 0.409 e. The van der Waals surface area contributed by atoms with Gasteiger partial charge >= 0.3 is 12.1 Å². The van der Waals surface area contributed by atoms with Gasteiger partial charge in [0.1, 0.15) is 5.78 Å². The number of ether oxygens (including phenoxy) is 2. The number of hydrogen-bond donors (Lipinski definition) is 1. The fourth-order valence-electron chi connectivity index (χ4n) is 10.4. The molecule has 1 N–H and O–H groups in total. The maximum atomic E-state index is 11.9. The van der Waals surface area contributed by atoms with Crippen LogP contribution in [-0.2, 0) is 28.7 Å². The normalized spacial score (nSPS) is 30.9. The Morgan fingerprint density at radius 1 is 0.706 bits per heavy atom. The third-order valence-electron chi connectivity index (χ3n) is 13.2. The fourth-order valence-corrected chi connectivity index (χ4v) is 10.4. The number of carbonyl (C=O) groups is 5. The van der Waals surface area contributed by atoms with Crippen LogP contribution in [0.25, 0.3) is 0 Å². The highest BCUT2D eigenvalue weighted by Gasteiger charge is 2.52. The first kappa shape index (κ1) is 38.0. The van der Waals surface area contributed by atoms with Crippen molar-refractivity contribution in [3.63, 3.8) is 0 Å². The number of hydrogen-bond acceptors (Lipinski definition) is 9. The van der Waals surface area contributed by atoms with Crippen LogP contribution < -0.4 is 5.32 Å². The highest BCUT2D eigenvalue weighted by Crippen LogP contribution is 2.53. The molecule has 5 heterocycles. The van der Waals surface area contributed by atoms with E-state index in [0.717, 1.165) is 129 Å². The number of nitrogens with zero attached hydrogens (tertiary/aromatic N) is 4. The summed E-state index contributed by atoms with van der Waals surface area (Å²) in [4.78, 5) is 66.4. The molecule has 0 radical (unpaired) electrons. The van der Waals surface area contributed by atoms with E-state index in [1.807, 2.05) is 18.7 Å². The van der Waals surface area contributed by atoms with Crippen LogP contribution >= 0.6 is 0 Å². The number of piperidine rings is 2. The molecule has 8 aliphatic rings. The lowest BCUT2D eigenvalue weighted by Crippen LogP contribution is -2.56. The Labute approximate surface area is 304 Å². The van der Waals surface area contributed by atoms with Crippen LogP contribution in [-0.4, -0.2) is 133 Å². The molecule has 5 saturated heterocycles. The average Bonchev–Trinajstić information content (AvgIpc) is 3.92. The maximum absolute atomic E-state index is 11.9. The molecule has 1 atom stereocenters. The molecule has 8 rings (SSSR count). The SMILES string of the molecule is CCOC(=O)C1CCC2(CC(=O)C2)C1.CCOC(=O)N1CCC2(CC(N3CCC(N4CCCC4=O)CC3)C2)C1.O=C1CCCN1C1CCNCC1. The van der Waals surface area contributed by atoms with Gasteiger partial charge < -0.3 is 34.4 Å². The molecule has 1 unspecified atom stereocenters. The van der Waals surface area contributed by atoms with Gasteiger partial charge in [-0.05, 0) is 115 Å². The van der Waals surface area contributed by atoms with Crippen molar-refractivity contribution in [2.75, 3.05) is 65.6 Å². The van der Waals surface area contributed by atoms with Gasteiger partial charge in [0.05, 0.1) is 19.1 Å². The molecule has 3 aliphatic carbocycles. The van der Waals surface area contributed by atoms with Gasteiger partial charge in [-0.25, -0.2) is 4.79 Å². The van der Waals surface area contributed by atoms with Crippen molar-refractivity contribution in [2.45, 2.75) is 135 Å². The van der Waals surface area contributed by atoms with E-state index in [1.165, 1.54) is 12.8 Å². The predicted molar refractivity (Wildman–Crippen MR) is 192 cm³/mol. The Bertz CT molecular complexity index is 1250. The quantitative estimate of drug-likeness (QED) is 0.404. The van der Waals surface area contributed by atoms with Gasteiger partial charge in [0.2, 0.25) is 11.8 Å². The first-order chi connectivity index (χ1) is 24.6. The third-order valence-corrected chi connectivity index (χ3v) is 13.2. The molecule has 0 aromatic heterocycles. The minimum absolute atomic E-state index is 0.0584. The Morgan fingerprint density at radius 2 is 1.31 bits per heavy atom. The van der Waals surface area contributed by atoms with Crippen molar-refractivity contribution >= 4 is 29.7 Å². The number of Topliss-reactive ketones (excluding diaryl/α,β-unsaturated/α-hetero) is 1. The molecule has 12 nitrogen and oxygen atoms in total. The van der Waals surface area contributed by atoms with Gasteiger partial charge in [0, 0.05) is 83.1 Å². The fraction of sp³-hybridized carbons (Fsp3) is 0.872. The molecule has 2 spiro atoms. The van der Waals surface area contributed by atoms with Crippen LogP contribution in [0, 0.1) is 16.7 Å². The van der Waals surface area contributed by atoms with E-state index < -0.39 is 0 Å². The standard InChI is InChI=1S/C19H31N3O3.C11H16O3.C9H16N2O/c1-2-25-18(24)21-11-7-19(14-21)12-16(13-19)20-9-5-15(6-10-20)22-8-3-4-17(22)23;1-2-14-10(13)8-3-4-11(5-8)6-9(12)7-11;12-9-2-1-7-11(9)8-3-5-10-6-4-8/h15-16H,2-14H2,1H3;8H,2-7H2,1H3;8,10H,1-7H2. The Morgan fingerprint density at radius 3 is 1.86 bits per heavy atom. The van der Waals surface area contributed by atoms with E-state index in [4.69, 9.17) is 9.47 Å². The van der Waals surface area contributed by atoms with E-state index in [9.17, 15) is 24.0 Å². The van der Waals surface area contributed by atoms with Gasteiger partial charge in [0.25, 0.3) is 0 Å². The molecular formula is C39H63N5O7. The van der Waals surface area contributed by atoms with Crippen molar-refractivity contribution < 1.29 is 33.4 Å². The van der Waals surface area contributed by atoms with Crippen LogP contribution in [0.15, 0.2) is 0 Å². The van der Waals surface area contributed by atoms with Crippen molar-refractivity contribution in [1.29, 1.82) is 0 Å². The van der Waals surface area contributed by atoms with Gasteiger partial charge in [-0.15, -0.1) is 0 Å². The zero-order chi connectivity index (χ0) is 36.0. The molecule has 3 amide bonds. The number of nitrogens with one attached hydrogen (secondary N) is 1. The van der Waals surface area contributed by atoms with Gasteiger partial charge in [-0.1, -0.05) is 0 Å². The summed E-state index contributed by atoms with van der Waals surface area (Å²) in [6, 6.07) is 1.70. The lowest BCUT2D eigenvalue weighted by molar-refractivity contribution is -0.149. The molecule has 5 aliphatic heterocycles. The largest absolute Gasteiger partial charge is 0.466 e. The number of esters is 1. The topological polar surface area (TPSA) is 129 Å². The van der Waals surface area contributed by atoms with Crippen LogP contribution in [0.1, 0.15) is 117 Å². The number of ketones is 1. The van der Waals surface area contributed by atoms with Crippen LogP contribution in [0.5, 0.6) is 0 Å². The first-order valence-corrected chi connectivity index (χ1v) is 20.3. The van der Waals surface area contributed by atoms with E-state index >= 15 is 0 Å². The second-order valence-corrected chi connectivity index (χ2v) is 16.6. The summed E-state index contributed by atoms with van der Waals surface area (Å²) in [5.74, 6) is 1.09. The Hall–Kier alpha value is -2.73. The summed E-state index contributed by atoms with van der Waals surface area (Å²) in [5, 5.41) is 3.32.